The van der Waals surface area contributed by atoms with Crippen molar-refractivity contribution in [2.24, 2.45) is 0 Å². The van der Waals surface area contributed by atoms with E-state index in [9.17, 15) is 0 Å². The van der Waals surface area contributed by atoms with Gasteiger partial charge >= 0.3 is 0 Å². The van der Waals surface area contributed by atoms with E-state index in [0.717, 1.165) is 12.4 Å². The third kappa shape index (κ3) is 3.88. The summed E-state index contributed by atoms with van der Waals surface area (Å²) in [5.74, 6) is 1.47. The van der Waals surface area contributed by atoms with E-state index in [2.05, 4.69) is 62.7 Å². The molecule has 0 aromatic heterocycles. The highest BCUT2D eigenvalue weighted by Gasteiger charge is 2.03. The maximum Gasteiger partial charge on any atom is 0.0414 e. The zero-order valence-electron chi connectivity index (χ0n) is 9.90. The molecule has 0 radical (unpaired) electrons. The van der Waals surface area contributed by atoms with Gasteiger partial charge in [0.25, 0.3) is 0 Å². The van der Waals surface area contributed by atoms with Crippen LogP contribution in [0.3, 0.4) is 0 Å². The van der Waals surface area contributed by atoms with Crippen molar-refractivity contribution in [3.63, 3.8) is 0 Å². The fourth-order valence-electron chi connectivity index (χ4n) is 1.55. The second-order valence-electron chi connectivity index (χ2n) is 4.21. The predicted octanol–water partition coefficient (Wildman–Crippen LogP) is 3.52. The van der Waals surface area contributed by atoms with Crippen molar-refractivity contribution < 1.29 is 0 Å². The maximum absolute atomic E-state index is 4.24. The molecule has 0 N–H and O–H groups in total. The van der Waals surface area contributed by atoms with Crippen LogP contribution >= 0.6 is 12.6 Å². The molecule has 1 aromatic rings. The minimum Gasteiger partial charge on any atom is -0.293 e. The van der Waals surface area contributed by atoms with Crippen molar-refractivity contribution >= 4 is 12.6 Å². The number of thiol groups is 1. The molecule has 0 aliphatic rings. The standard InChI is InChI=1S/C13H21NS/c1-4-11(2)13-7-5-12(6-8-13)9-14(3)10-15/h5-8,11,15H,4,9-10H2,1-3H3. The highest BCUT2D eigenvalue weighted by atomic mass is 32.1. The molecule has 0 fully saturated rings. The second kappa shape index (κ2) is 6.19. The molecule has 0 aliphatic carbocycles. The molecule has 0 amide bonds. The molecule has 1 aromatic carbocycles. The Morgan fingerprint density at radius 2 is 1.87 bits per heavy atom. The summed E-state index contributed by atoms with van der Waals surface area (Å²) in [7, 11) is 2.08. The largest absolute Gasteiger partial charge is 0.293 e. The number of benzene rings is 1. The van der Waals surface area contributed by atoms with E-state index < -0.39 is 0 Å². The summed E-state index contributed by atoms with van der Waals surface area (Å²) in [5.41, 5.74) is 2.80. The van der Waals surface area contributed by atoms with Gasteiger partial charge in [-0.1, -0.05) is 38.1 Å². The quantitative estimate of drug-likeness (QED) is 0.590. The van der Waals surface area contributed by atoms with Gasteiger partial charge in [-0.3, -0.25) is 4.90 Å². The van der Waals surface area contributed by atoms with Gasteiger partial charge in [0.05, 0.1) is 0 Å². The van der Waals surface area contributed by atoms with Crippen molar-refractivity contribution in [2.75, 3.05) is 12.9 Å². The van der Waals surface area contributed by atoms with Crippen molar-refractivity contribution in [3.05, 3.63) is 35.4 Å². The minimum atomic E-state index is 0.668. The number of rotatable bonds is 5. The first-order valence-corrected chi connectivity index (χ1v) is 6.18. The van der Waals surface area contributed by atoms with Crippen LogP contribution in [0.25, 0.3) is 0 Å². The summed E-state index contributed by atoms with van der Waals surface area (Å²) in [4.78, 5) is 2.18. The SMILES string of the molecule is CCC(C)c1ccc(CN(C)CS)cc1. The number of nitrogens with zero attached hydrogens (tertiary/aromatic N) is 1. The first-order chi connectivity index (χ1) is 7.17. The third-order valence-electron chi connectivity index (χ3n) is 2.86. The molecular weight excluding hydrogens is 202 g/mol. The Kier molecular flexibility index (Phi) is 5.20. The Morgan fingerprint density at radius 1 is 1.27 bits per heavy atom. The van der Waals surface area contributed by atoms with Crippen LogP contribution < -0.4 is 0 Å². The summed E-state index contributed by atoms with van der Waals surface area (Å²) in [6, 6.07) is 8.94. The van der Waals surface area contributed by atoms with Crippen LogP contribution in [0.5, 0.6) is 0 Å². The van der Waals surface area contributed by atoms with Gasteiger partial charge in [-0.25, -0.2) is 0 Å². The molecule has 1 atom stereocenters. The smallest absolute Gasteiger partial charge is 0.0414 e. The van der Waals surface area contributed by atoms with Gasteiger partial charge in [0, 0.05) is 12.4 Å². The van der Waals surface area contributed by atoms with E-state index >= 15 is 0 Å². The first kappa shape index (κ1) is 12.6. The average molecular weight is 223 g/mol. The number of hydrogen-bond acceptors (Lipinski definition) is 2. The van der Waals surface area contributed by atoms with Crippen LogP contribution in [-0.2, 0) is 6.54 Å². The molecular formula is C13H21NS. The zero-order chi connectivity index (χ0) is 11.3. The Morgan fingerprint density at radius 3 is 2.33 bits per heavy atom. The van der Waals surface area contributed by atoms with E-state index in [1.54, 1.807) is 0 Å². The number of hydrogen-bond donors (Lipinski definition) is 1. The maximum atomic E-state index is 4.24. The molecule has 1 nitrogen and oxygen atoms in total. The topological polar surface area (TPSA) is 3.24 Å². The predicted molar refractivity (Wildman–Crippen MR) is 70.5 cm³/mol. The molecule has 1 rings (SSSR count). The molecule has 15 heavy (non-hydrogen) atoms. The minimum absolute atomic E-state index is 0.668. The molecule has 0 heterocycles. The third-order valence-corrected chi connectivity index (χ3v) is 3.34. The molecule has 0 saturated carbocycles. The lowest BCUT2D eigenvalue weighted by Gasteiger charge is -2.14. The highest BCUT2D eigenvalue weighted by molar-refractivity contribution is 7.80. The molecule has 0 saturated heterocycles. The van der Waals surface area contributed by atoms with Crippen LogP contribution in [-0.4, -0.2) is 17.8 Å². The lowest BCUT2D eigenvalue weighted by molar-refractivity contribution is 0.387. The summed E-state index contributed by atoms with van der Waals surface area (Å²) in [6.45, 7) is 5.48. The van der Waals surface area contributed by atoms with E-state index in [0.29, 0.717) is 5.92 Å². The van der Waals surface area contributed by atoms with Gasteiger partial charge in [0.2, 0.25) is 0 Å². The van der Waals surface area contributed by atoms with Crippen LogP contribution in [0, 0.1) is 0 Å². The van der Waals surface area contributed by atoms with Crippen molar-refractivity contribution in [2.45, 2.75) is 32.7 Å². The van der Waals surface area contributed by atoms with Gasteiger partial charge < -0.3 is 0 Å². The van der Waals surface area contributed by atoms with Gasteiger partial charge in [0.1, 0.15) is 0 Å². The summed E-state index contributed by atoms with van der Waals surface area (Å²) in [6.07, 6.45) is 1.20. The average Bonchev–Trinajstić information content (AvgIpc) is 2.29. The molecule has 0 aliphatic heterocycles. The fraction of sp³-hybridized carbons (Fsp3) is 0.538. The van der Waals surface area contributed by atoms with Crippen molar-refractivity contribution in [1.29, 1.82) is 0 Å². The van der Waals surface area contributed by atoms with E-state index in [4.69, 9.17) is 0 Å². The summed E-state index contributed by atoms with van der Waals surface area (Å²) < 4.78 is 0. The van der Waals surface area contributed by atoms with Gasteiger partial charge in [0.15, 0.2) is 0 Å². The molecule has 0 bridgehead atoms. The second-order valence-corrected chi connectivity index (χ2v) is 4.49. The van der Waals surface area contributed by atoms with Gasteiger partial charge in [-0.15, -0.1) is 0 Å². The Hall–Kier alpha value is -0.470. The Balaban J connectivity index is 2.64. The highest BCUT2D eigenvalue weighted by Crippen LogP contribution is 2.19. The zero-order valence-corrected chi connectivity index (χ0v) is 10.8. The van der Waals surface area contributed by atoms with Crippen molar-refractivity contribution in [1.82, 2.24) is 4.90 Å². The summed E-state index contributed by atoms with van der Waals surface area (Å²) in [5, 5.41) is 0. The van der Waals surface area contributed by atoms with Crippen LogP contribution in [0.1, 0.15) is 37.3 Å². The summed E-state index contributed by atoms with van der Waals surface area (Å²) >= 11 is 4.24. The van der Waals surface area contributed by atoms with Crippen LogP contribution in [0.15, 0.2) is 24.3 Å². The monoisotopic (exact) mass is 223 g/mol. The van der Waals surface area contributed by atoms with Gasteiger partial charge in [-0.2, -0.15) is 12.6 Å². The Labute approximate surface area is 98.9 Å². The van der Waals surface area contributed by atoms with E-state index in [1.165, 1.54) is 17.5 Å². The molecule has 1 unspecified atom stereocenters. The first-order valence-electron chi connectivity index (χ1n) is 5.55. The fourth-order valence-corrected chi connectivity index (χ4v) is 1.65. The lowest BCUT2D eigenvalue weighted by atomic mass is 9.98. The molecule has 2 heteroatoms. The van der Waals surface area contributed by atoms with Crippen LogP contribution in [0.4, 0.5) is 0 Å². The Bertz CT molecular complexity index is 281. The normalized spacial score (nSPS) is 13.1. The van der Waals surface area contributed by atoms with Crippen LogP contribution in [0.2, 0.25) is 0 Å². The van der Waals surface area contributed by atoms with Gasteiger partial charge in [-0.05, 0) is 30.5 Å². The van der Waals surface area contributed by atoms with Crippen molar-refractivity contribution in [3.8, 4) is 0 Å². The molecule has 84 valence electrons. The molecule has 0 spiro atoms. The lowest BCUT2D eigenvalue weighted by Crippen LogP contribution is -2.15. The van der Waals surface area contributed by atoms with E-state index in [-0.39, 0.29) is 0 Å². The van der Waals surface area contributed by atoms with E-state index in [1.807, 2.05) is 0 Å².